The number of carbonyl (C=O) groups excluding carboxylic acids is 1. The second-order valence-electron chi connectivity index (χ2n) is 8.11. The summed E-state index contributed by atoms with van der Waals surface area (Å²) >= 11 is 0. The lowest BCUT2D eigenvalue weighted by Crippen LogP contribution is -2.06. The van der Waals surface area contributed by atoms with Gasteiger partial charge in [0.2, 0.25) is 11.5 Å². The summed E-state index contributed by atoms with van der Waals surface area (Å²) in [6.45, 7) is 2.22. The summed E-state index contributed by atoms with van der Waals surface area (Å²) < 4.78 is 43.8. The molecule has 9 nitrogen and oxygen atoms in total. The maximum atomic E-state index is 12.5. The average molecular weight is 499 g/mol. The fourth-order valence-corrected chi connectivity index (χ4v) is 3.37. The minimum atomic E-state index is -0.205. The fraction of sp³-hybridized carbons (Fsp3) is 0.370. The molecule has 2 heterocycles. The highest BCUT2D eigenvalue weighted by Gasteiger charge is 2.26. The highest BCUT2D eigenvalue weighted by atomic mass is 16.6. The molecule has 9 heteroatoms. The van der Waals surface area contributed by atoms with Crippen LogP contribution in [0.3, 0.4) is 0 Å². The Morgan fingerprint density at radius 3 is 1.33 bits per heavy atom. The Hall–Kier alpha value is -3.69. The van der Waals surface area contributed by atoms with Gasteiger partial charge >= 0.3 is 0 Å². The molecule has 2 unspecified atom stereocenters. The fourth-order valence-electron chi connectivity index (χ4n) is 3.37. The van der Waals surface area contributed by atoms with Crippen molar-refractivity contribution in [2.24, 2.45) is 0 Å². The Kier molecular flexibility index (Phi) is 8.35. The van der Waals surface area contributed by atoms with Gasteiger partial charge < -0.3 is 37.9 Å². The molecule has 2 atom stereocenters. The van der Waals surface area contributed by atoms with Gasteiger partial charge in [0.05, 0.1) is 41.7 Å². The van der Waals surface area contributed by atoms with Crippen molar-refractivity contribution in [1.29, 1.82) is 0 Å². The van der Waals surface area contributed by atoms with Crippen molar-refractivity contribution in [3.63, 3.8) is 0 Å². The van der Waals surface area contributed by atoms with E-state index in [1.54, 1.807) is 64.9 Å². The Bertz CT molecular complexity index is 993. The first-order valence-electron chi connectivity index (χ1n) is 11.5. The zero-order valence-electron chi connectivity index (χ0n) is 20.8. The number of methoxy groups -OCH3 is 4. The van der Waals surface area contributed by atoms with Crippen LogP contribution in [0.15, 0.2) is 36.4 Å². The molecule has 2 fully saturated rings. The largest absolute Gasteiger partial charge is 0.493 e. The lowest BCUT2D eigenvalue weighted by Gasteiger charge is -2.15. The van der Waals surface area contributed by atoms with Crippen LogP contribution in [0.2, 0.25) is 0 Å². The first-order chi connectivity index (χ1) is 17.5. The molecular weight excluding hydrogens is 468 g/mol. The van der Waals surface area contributed by atoms with Gasteiger partial charge in [0.1, 0.15) is 25.4 Å². The minimum absolute atomic E-state index is 0.101. The van der Waals surface area contributed by atoms with Crippen LogP contribution >= 0.6 is 0 Å². The second-order valence-corrected chi connectivity index (χ2v) is 8.11. The molecule has 2 aliphatic heterocycles. The standard InChI is InChI=1S/C27H30O9/c1-29-22-9-17(10-23(30-2)26(22)35-15-20-13-33-20)5-7-19(28)8-6-18-11-24(31-3)27(25(12-18)32-4)36-16-21-14-34-21/h5-12,20-21H,13-16H2,1-4H3/b7-5+,8-6+. The summed E-state index contributed by atoms with van der Waals surface area (Å²) in [6.07, 6.45) is 6.50. The van der Waals surface area contributed by atoms with Gasteiger partial charge in [0, 0.05) is 0 Å². The van der Waals surface area contributed by atoms with Crippen molar-refractivity contribution in [3.8, 4) is 34.5 Å². The van der Waals surface area contributed by atoms with Crippen LogP contribution in [-0.4, -0.2) is 72.9 Å². The third-order valence-corrected chi connectivity index (χ3v) is 5.48. The lowest BCUT2D eigenvalue weighted by molar-refractivity contribution is -0.110. The molecule has 2 saturated heterocycles. The summed E-state index contributed by atoms with van der Waals surface area (Å²) in [4.78, 5) is 12.5. The second kappa shape index (κ2) is 11.8. The molecule has 4 rings (SSSR count). The van der Waals surface area contributed by atoms with Gasteiger partial charge in [0.25, 0.3) is 0 Å². The van der Waals surface area contributed by atoms with Crippen molar-refractivity contribution >= 4 is 17.9 Å². The van der Waals surface area contributed by atoms with Crippen LogP contribution in [0.4, 0.5) is 0 Å². The monoisotopic (exact) mass is 498 g/mol. The van der Waals surface area contributed by atoms with E-state index < -0.39 is 0 Å². The summed E-state index contributed by atoms with van der Waals surface area (Å²) in [6, 6.07) is 7.11. The first kappa shape index (κ1) is 25.4. The molecule has 0 spiro atoms. The van der Waals surface area contributed by atoms with Gasteiger partial charge in [-0.3, -0.25) is 4.79 Å². The number of carbonyl (C=O) groups is 1. The van der Waals surface area contributed by atoms with Crippen LogP contribution in [0.5, 0.6) is 34.5 Å². The Labute approximate surface area is 210 Å². The average Bonchev–Trinajstić information content (AvgIpc) is 3.83. The van der Waals surface area contributed by atoms with Crippen molar-refractivity contribution in [3.05, 3.63) is 47.5 Å². The number of allylic oxidation sites excluding steroid dienone is 2. The Morgan fingerprint density at radius 1 is 0.722 bits per heavy atom. The lowest BCUT2D eigenvalue weighted by atomic mass is 10.1. The number of hydrogen-bond acceptors (Lipinski definition) is 9. The normalized spacial score (nSPS) is 18.2. The maximum absolute atomic E-state index is 12.5. The smallest absolute Gasteiger partial charge is 0.203 e. The molecular formula is C27H30O9. The van der Waals surface area contributed by atoms with Crippen molar-refractivity contribution < 1.29 is 42.7 Å². The van der Waals surface area contributed by atoms with Gasteiger partial charge in [-0.05, 0) is 47.5 Å². The molecule has 2 aromatic carbocycles. The molecule has 192 valence electrons. The van der Waals surface area contributed by atoms with Gasteiger partial charge in [0.15, 0.2) is 28.8 Å². The number of benzene rings is 2. The molecule has 2 aromatic rings. The van der Waals surface area contributed by atoms with Crippen molar-refractivity contribution in [2.45, 2.75) is 12.2 Å². The molecule has 0 radical (unpaired) electrons. The zero-order chi connectivity index (χ0) is 25.5. The van der Waals surface area contributed by atoms with Crippen LogP contribution < -0.4 is 28.4 Å². The topological polar surface area (TPSA) is 97.5 Å². The van der Waals surface area contributed by atoms with E-state index in [0.29, 0.717) is 60.9 Å². The van der Waals surface area contributed by atoms with Gasteiger partial charge in [-0.2, -0.15) is 0 Å². The van der Waals surface area contributed by atoms with E-state index in [9.17, 15) is 4.79 Å². The van der Waals surface area contributed by atoms with E-state index in [-0.39, 0.29) is 18.0 Å². The summed E-state index contributed by atoms with van der Waals surface area (Å²) in [5.41, 5.74) is 1.45. The molecule has 0 amide bonds. The van der Waals surface area contributed by atoms with Crippen LogP contribution in [0, 0.1) is 0 Å². The highest BCUT2D eigenvalue weighted by Crippen LogP contribution is 2.40. The third kappa shape index (κ3) is 6.71. The molecule has 0 N–H and O–H groups in total. The maximum Gasteiger partial charge on any atom is 0.203 e. The molecule has 0 aliphatic carbocycles. The quantitative estimate of drug-likeness (QED) is 0.286. The summed E-state index contributed by atoms with van der Waals surface area (Å²) in [5, 5.41) is 0. The van der Waals surface area contributed by atoms with E-state index in [1.165, 1.54) is 12.2 Å². The van der Waals surface area contributed by atoms with Gasteiger partial charge in [-0.25, -0.2) is 0 Å². The van der Waals surface area contributed by atoms with E-state index in [1.807, 2.05) is 0 Å². The molecule has 0 aromatic heterocycles. The molecule has 0 saturated carbocycles. The number of epoxide rings is 2. The first-order valence-corrected chi connectivity index (χ1v) is 11.5. The molecule has 36 heavy (non-hydrogen) atoms. The van der Waals surface area contributed by atoms with Crippen molar-refractivity contribution in [1.82, 2.24) is 0 Å². The SMILES string of the molecule is COc1cc(/C=C/C(=O)/C=C/c2cc(OC)c(OCC3CO3)c(OC)c2)cc(OC)c1OCC1CO1. The number of ketones is 1. The molecule has 2 aliphatic rings. The zero-order valence-corrected chi connectivity index (χ0v) is 20.8. The van der Waals surface area contributed by atoms with E-state index >= 15 is 0 Å². The predicted octanol–water partition coefficient (Wildman–Crippen LogP) is 3.57. The highest BCUT2D eigenvalue weighted by molar-refractivity contribution is 6.04. The van der Waals surface area contributed by atoms with Crippen LogP contribution in [0.1, 0.15) is 11.1 Å². The molecule has 0 bridgehead atoms. The number of rotatable bonds is 14. The Morgan fingerprint density at radius 2 is 1.06 bits per heavy atom. The predicted molar refractivity (Wildman–Crippen MR) is 133 cm³/mol. The van der Waals surface area contributed by atoms with E-state index in [0.717, 1.165) is 11.1 Å². The van der Waals surface area contributed by atoms with Gasteiger partial charge in [-0.1, -0.05) is 12.2 Å². The van der Waals surface area contributed by atoms with Crippen molar-refractivity contribution in [2.75, 3.05) is 54.9 Å². The number of hydrogen-bond donors (Lipinski definition) is 0. The van der Waals surface area contributed by atoms with Gasteiger partial charge in [-0.15, -0.1) is 0 Å². The Balaban J connectivity index is 1.45. The van der Waals surface area contributed by atoms with Crippen LogP contribution in [-0.2, 0) is 14.3 Å². The summed E-state index contributed by atoms with van der Waals surface area (Å²) in [7, 11) is 6.20. The number of ether oxygens (including phenoxy) is 8. The minimum Gasteiger partial charge on any atom is -0.493 e. The van der Waals surface area contributed by atoms with Crippen LogP contribution in [0.25, 0.3) is 12.2 Å². The van der Waals surface area contributed by atoms with E-state index in [4.69, 9.17) is 37.9 Å². The summed E-state index contributed by atoms with van der Waals surface area (Å²) in [5.74, 6) is 2.82. The third-order valence-electron chi connectivity index (χ3n) is 5.48. The van der Waals surface area contributed by atoms with E-state index in [2.05, 4.69) is 0 Å².